The predicted octanol–water partition coefficient (Wildman–Crippen LogP) is 0.617. The van der Waals surface area contributed by atoms with Gasteiger partial charge in [0.25, 0.3) is 10.2 Å². The van der Waals surface area contributed by atoms with E-state index in [1.165, 1.54) is 4.31 Å². The lowest BCUT2D eigenvalue weighted by atomic mass is 10.0. The first-order valence-corrected chi connectivity index (χ1v) is 7.59. The highest BCUT2D eigenvalue weighted by atomic mass is 32.2. The zero-order valence-corrected chi connectivity index (χ0v) is 12.2. The molecular formula is C10H21N3O2S2. The first-order valence-electron chi connectivity index (χ1n) is 5.74. The summed E-state index contributed by atoms with van der Waals surface area (Å²) in [5.74, 6) is 0.397. The first kappa shape index (κ1) is 14.8. The summed E-state index contributed by atoms with van der Waals surface area (Å²) in [5, 5.41) is 0. The van der Waals surface area contributed by atoms with Crippen molar-refractivity contribution in [2.24, 2.45) is 11.7 Å². The molecule has 1 aliphatic heterocycles. The Labute approximate surface area is 109 Å². The fourth-order valence-corrected chi connectivity index (χ4v) is 3.62. The van der Waals surface area contributed by atoms with Gasteiger partial charge in [-0.2, -0.15) is 17.4 Å². The molecule has 5 nitrogen and oxygen atoms in total. The molecule has 0 bridgehead atoms. The average molecular weight is 279 g/mol. The van der Waals surface area contributed by atoms with Crippen LogP contribution in [0.25, 0.3) is 0 Å². The summed E-state index contributed by atoms with van der Waals surface area (Å²) in [6, 6.07) is 0. The maximum atomic E-state index is 12.2. The second-order valence-electron chi connectivity index (χ2n) is 5.20. The highest BCUT2D eigenvalue weighted by molar-refractivity contribution is 7.87. The number of hydrogen-bond acceptors (Lipinski definition) is 3. The standard InChI is InChI=1S/C10H21N3O2S2/c1-8-5-4-6-13(7-8)17(14,15)12-10(2,3)9(11)16/h8,12H,4-7H2,1-3H3,(H2,11,16). The minimum atomic E-state index is -3.50. The molecular weight excluding hydrogens is 258 g/mol. The van der Waals surface area contributed by atoms with E-state index in [4.69, 9.17) is 18.0 Å². The summed E-state index contributed by atoms with van der Waals surface area (Å²) < 4.78 is 28.3. The van der Waals surface area contributed by atoms with E-state index in [2.05, 4.69) is 11.6 Å². The topological polar surface area (TPSA) is 75.4 Å². The van der Waals surface area contributed by atoms with E-state index >= 15 is 0 Å². The molecule has 0 aromatic heterocycles. The van der Waals surface area contributed by atoms with Crippen LogP contribution in [0.2, 0.25) is 0 Å². The lowest BCUT2D eigenvalue weighted by Gasteiger charge is -2.33. The Morgan fingerprint density at radius 2 is 2.12 bits per heavy atom. The Hall–Kier alpha value is -0.240. The number of hydrogen-bond donors (Lipinski definition) is 2. The number of nitrogens with one attached hydrogen (secondary N) is 1. The van der Waals surface area contributed by atoms with Gasteiger partial charge in [0.15, 0.2) is 0 Å². The van der Waals surface area contributed by atoms with E-state index in [1.807, 2.05) is 0 Å². The van der Waals surface area contributed by atoms with Crippen molar-refractivity contribution in [2.75, 3.05) is 13.1 Å². The molecule has 0 aromatic carbocycles. The Kier molecular flexibility index (Phi) is 4.51. The highest BCUT2D eigenvalue weighted by Crippen LogP contribution is 2.19. The van der Waals surface area contributed by atoms with Crippen LogP contribution in [0, 0.1) is 5.92 Å². The van der Waals surface area contributed by atoms with E-state index in [-0.39, 0.29) is 4.99 Å². The Balaban J connectivity index is 2.78. The molecule has 0 amide bonds. The minimum absolute atomic E-state index is 0.145. The van der Waals surface area contributed by atoms with Crippen LogP contribution in [0.1, 0.15) is 33.6 Å². The van der Waals surface area contributed by atoms with Crippen LogP contribution in [0.5, 0.6) is 0 Å². The van der Waals surface area contributed by atoms with Crippen LogP contribution in [0.3, 0.4) is 0 Å². The monoisotopic (exact) mass is 279 g/mol. The second-order valence-corrected chi connectivity index (χ2v) is 7.31. The minimum Gasteiger partial charge on any atom is -0.392 e. The number of piperidine rings is 1. The maximum absolute atomic E-state index is 12.2. The Morgan fingerprint density at radius 3 is 2.59 bits per heavy atom. The second kappa shape index (κ2) is 5.17. The molecule has 0 saturated carbocycles. The number of nitrogens with two attached hydrogens (primary N) is 1. The van der Waals surface area contributed by atoms with Crippen LogP contribution in [0.15, 0.2) is 0 Å². The van der Waals surface area contributed by atoms with Crippen LogP contribution >= 0.6 is 12.2 Å². The van der Waals surface area contributed by atoms with Crippen molar-refractivity contribution in [3.05, 3.63) is 0 Å². The predicted molar refractivity (Wildman–Crippen MR) is 72.9 cm³/mol. The quantitative estimate of drug-likeness (QED) is 0.740. The van der Waals surface area contributed by atoms with Crippen molar-refractivity contribution in [2.45, 2.75) is 39.2 Å². The largest absolute Gasteiger partial charge is 0.392 e. The van der Waals surface area contributed by atoms with Gasteiger partial charge in [-0.25, -0.2) is 0 Å². The normalized spacial score (nSPS) is 23.6. The highest BCUT2D eigenvalue weighted by Gasteiger charge is 2.33. The van der Waals surface area contributed by atoms with Crippen LogP contribution in [-0.2, 0) is 10.2 Å². The molecule has 1 saturated heterocycles. The summed E-state index contributed by atoms with van der Waals surface area (Å²) in [6.45, 7) is 6.51. The summed E-state index contributed by atoms with van der Waals surface area (Å²) in [6.07, 6.45) is 1.97. The molecule has 3 N–H and O–H groups in total. The van der Waals surface area contributed by atoms with Crippen molar-refractivity contribution in [1.82, 2.24) is 9.03 Å². The van der Waals surface area contributed by atoms with E-state index in [0.717, 1.165) is 12.8 Å². The maximum Gasteiger partial charge on any atom is 0.280 e. The van der Waals surface area contributed by atoms with Crippen molar-refractivity contribution in [1.29, 1.82) is 0 Å². The third-order valence-corrected chi connectivity index (χ3v) is 5.25. The molecule has 0 aromatic rings. The van der Waals surface area contributed by atoms with Crippen molar-refractivity contribution >= 4 is 27.4 Å². The van der Waals surface area contributed by atoms with Gasteiger partial charge in [-0.05, 0) is 32.6 Å². The van der Waals surface area contributed by atoms with Gasteiger partial charge in [0.05, 0.1) is 10.5 Å². The summed E-state index contributed by atoms with van der Waals surface area (Å²) in [4.78, 5) is 0.145. The molecule has 1 aliphatic rings. The van der Waals surface area contributed by atoms with Gasteiger partial charge in [-0.15, -0.1) is 0 Å². The van der Waals surface area contributed by atoms with E-state index in [9.17, 15) is 8.42 Å². The molecule has 1 unspecified atom stereocenters. The molecule has 1 fully saturated rings. The third-order valence-electron chi connectivity index (χ3n) is 2.96. The molecule has 1 heterocycles. The zero-order chi connectivity index (χ0) is 13.3. The van der Waals surface area contributed by atoms with Gasteiger partial charge in [0.2, 0.25) is 0 Å². The molecule has 0 radical (unpaired) electrons. The van der Waals surface area contributed by atoms with Gasteiger partial charge in [0, 0.05) is 13.1 Å². The SMILES string of the molecule is CC1CCCN(S(=O)(=O)NC(C)(C)C(N)=S)C1. The molecule has 7 heteroatoms. The Bertz CT molecular complexity index is 392. The Morgan fingerprint density at radius 1 is 1.53 bits per heavy atom. The molecule has 1 atom stereocenters. The fourth-order valence-electron chi connectivity index (χ4n) is 1.80. The van der Waals surface area contributed by atoms with Gasteiger partial charge in [-0.1, -0.05) is 19.1 Å². The van der Waals surface area contributed by atoms with Crippen molar-refractivity contribution in [3.63, 3.8) is 0 Å². The van der Waals surface area contributed by atoms with Crippen molar-refractivity contribution < 1.29 is 8.42 Å². The lowest BCUT2D eigenvalue weighted by Crippen LogP contribution is -2.57. The van der Waals surface area contributed by atoms with Gasteiger partial charge in [0.1, 0.15) is 0 Å². The molecule has 17 heavy (non-hydrogen) atoms. The summed E-state index contributed by atoms with van der Waals surface area (Å²) in [7, 11) is -3.50. The number of nitrogens with zero attached hydrogens (tertiary/aromatic N) is 1. The van der Waals surface area contributed by atoms with E-state index < -0.39 is 15.7 Å². The third kappa shape index (κ3) is 3.87. The average Bonchev–Trinajstić information content (AvgIpc) is 2.15. The summed E-state index contributed by atoms with van der Waals surface area (Å²) in [5.41, 5.74) is 4.63. The molecule has 1 rings (SSSR count). The fraction of sp³-hybridized carbons (Fsp3) is 0.900. The summed E-state index contributed by atoms with van der Waals surface area (Å²) >= 11 is 4.86. The first-order chi connectivity index (χ1) is 7.65. The van der Waals surface area contributed by atoms with Crippen LogP contribution < -0.4 is 10.5 Å². The van der Waals surface area contributed by atoms with Gasteiger partial charge < -0.3 is 5.73 Å². The van der Waals surface area contributed by atoms with E-state index in [1.54, 1.807) is 13.8 Å². The zero-order valence-electron chi connectivity index (χ0n) is 10.6. The molecule has 0 spiro atoms. The van der Waals surface area contributed by atoms with Crippen molar-refractivity contribution in [3.8, 4) is 0 Å². The number of thiocarbonyl (C=S) groups is 1. The smallest absolute Gasteiger partial charge is 0.280 e. The molecule has 0 aliphatic carbocycles. The molecule has 100 valence electrons. The van der Waals surface area contributed by atoms with Gasteiger partial charge in [-0.3, -0.25) is 0 Å². The van der Waals surface area contributed by atoms with Crippen LogP contribution in [-0.4, -0.2) is 36.3 Å². The van der Waals surface area contributed by atoms with Gasteiger partial charge >= 0.3 is 0 Å². The number of rotatable bonds is 4. The van der Waals surface area contributed by atoms with E-state index in [0.29, 0.717) is 19.0 Å². The lowest BCUT2D eigenvalue weighted by molar-refractivity contribution is 0.276. The van der Waals surface area contributed by atoms with Crippen LogP contribution in [0.4, 0.5) is 0 Å².